The van der Waals surface area contributed by atoms with Crippen LogP contribution in [0.5, 0.6) is 0 Å². The lowest BCUT2D eigenvalue weighted by Gasteiger charge is -2.02. The van der Waals surface area contributed by atoms with Crippen molar-refractivity contribution in [3.8, 4) is 0 Å². The van der Waals surface area contributed by atoms with E-state index in [2.05, 4.69) is 13.2 Å². The average Bonchev–Trinajstić information content (AvgIpc) is 1.91. The molecular formula is C7H14OSi. The number of hydrogen-bond acceptors (Lipinski definition) is 1. The van der Waals surface area contributed by atoms with Gasteiger partial charge in [0.05, 0.1) is 0 Å². The maximum absolute atomic E-state index is 5.02. The van der Waals surface area contributed by atoms with Crippen LogP contribution < -0.4 is 0 Å². The summed E-state index contributed by atoms with van der Waals surface area (Å²) in [5, 5.41) is 0. The molecule has 0 bridgehead atoms. The molecule has 0 N–H and O–H groups in total. The molecule has 0 amide bonds. The van der Waals surface area contributed by atoms with Crippen LogP contribution in [0.2, 0.25) is 6.04 Å². The first kappa shape index (κ1) is 8.66. The third kappa shape index (κ3) is 4.18. The van der Waals surface area contributed by atoms with Crippen molar-refractivity contribution < 1.29 is 4.43 Å². The maximum Gasteiger partial charge on any atom is 0.161 e. The first-order valence-corrected chi connectivity index (χ1v) is 4.67. The van der Waals surface area contributed by atoms with Gasteiger partial charge in [0.25, 0.3) is 0 Å². The second kappa shape index (κ2) is 5.79. The van der Waals surface area contributed by atoms with Gasteiger partial charge in [-0.2, -0.15) is 0 Å². The highest BCUT2D eigenvalue weighted by molar-refractivity contribution is 6.27. The Balaban J connectivity index is 3.30. The van der Waals surface area contributed by atoms with Crippen LogP contribution in [0, 0.1) is 5.92 Å². The summed E-state index contributed by atoms with van der Waals surface area (Å²) in [6.07, 6.45) is 3.83. The average molecular weight is 142 g/mol. The largest absolute Gasteiger partial charge is 0.427 e. The predicted octanol–water partition coefficient (Wildman–Crippen LogP) is 1.12. The van der Waals surface area contributed by atoms with Gasteiger partial charge in [0.15, 0.2) is 9.76 Å². The van der Waals surface area contributed by atoms with Crippen molar-refractivity contribution in [1.29, 1.82) is 0 Å². The quantitative estimate of drug-likeness (QED) is 0.413. The summed E-state index contributed by atoms with van der Waals surface area (Å²) in [6, 6.07) is 1.13. The van der Waals surface area contributed by atoms with Crippen LogP contribution in [0.3, 0.4) is 0 Å². The van der Waals surface area contributed by atoms with E-state index in [0.29, 0.717) is 5.92 Å². The Kier molecular flexibility index (Phi) is 5.57. The van der Waals surface area contributed by atoms with Crippen molar-refractivity contribution in [2.24, 2.45) is 5.92 Å². The lowest BCUT2D eigenvalue weighted by molar-refractivity contribution is 0.438. The van der Waals surface area contributed by atoms with E-state index in [9.17, 15) is 0 Å². The smallest absolute Gasteiger partial charge is 0.161 e. The molecule has 0 rings (SSSR count). The van der Waals surface area contributed by atoms with Crippen molar-refractivity contribution in [3.05, 3.63) is 25.3 Å². The molecule has 0 radical (unpaired) electrons. The van der Waals surface area contributed by atoms with Crippen molar-refractivity contribution in [2.75, 3.05) is 7.11 Å². The Morgan fingerprint density at radius 2 is 2.11 bits per heavy atom. The number of hydrogen-bond donors (Lipinski definition) is 0. The molecule has 1 nitrogen and oxygen atoms in total. The van der Waals surface area contributed by atoms with Gasteiger partial charge in [-0.05, 0) is 12.0 Å². The molecule has 0 heterocycles. The lowest BCUT2D eigenvalue weighted by atomic mass is 10.2. The minimum Gasteiger partial charge on any atom is -0.427 e. The van der Waals surface area contributed by atoms with Crippen molar-refractivity contribution >= 4 is 9.76 Å². The van der Waals surface area contributed by atoms with Gasteiger partial charge in [-0.3, -0.25) is 0 Å². The molecule has 0 unspecified atom stereocenters. The summed E-state index contributed by atoms with van der Waals surface area (Å²) in [6.45, 7) is 7.36. The maximum atomic E-state index is 5.02. The fourth-order valence-electron chi connectivity index (χ4n) is 0.586. The molecule has 0 saturated heterocycles. The highest BCUT2D eigenvalue weighted by Crippen LogP contribution is 2.04. The molecule has 0 fully saturated rings. The fraction of sp³-hybridized carbons (Fsp3) is 0.429. The molecule has 0 aromatic heterocycles. The third-order valence-corrected chi connectivity index (χ3v) is 2.57. The van der Waals surface area contributed by atoms with Crippen LogP contribution in [-0.4, -0.2) is 16.9 Å². The summed E-state index contributed by atoms with van der Waals surface area (Å²) in [7, 11) is 1.47. The topological polar surface area (TPSA) is 9.23 Å². The summed E-state index contributed by atoms with van der Waals surface area (Å²) < 4.78 is 5.02. The summed E-state index contributed by atoms with van der Waals surface area (Å²) in [5.41, 5.74) is 0. The van der Waals surface area contributed by atoms with Crippen LogP contribution >= 0.6 is 0 Å². The molecule has 0 spiro atoms. The van der Waals surface area contributed by atoms with E-state index < -0.39 is 0 Å². The Bertz CT molecular complexity index is 82.9. The van der Waals surface area contributed by atoms with Crippen molar-refractivity contribution in [3.63, 3.8) is 0 Å². The molecule has 2 heteroatoms. The van der Waals surface area contributed by atoms with Crippen LogP contribution in [0.25, 0.3) is 0 Å². The third-order valence-electron chi connectivity index (χ3n) is 1.26. The van der Waals surface area contributed by atoms with Gasteiger partial charge in [0.2, 0.25) is 0 Å². The second-order valence-corrected chi connectivity index (χ2v) is 3.48. The molecule has 0 aliphatic rings. The van der Waals surface area contributed by atoms with Crippen molar-refractivity contribution in [2.45, 2.75) is 6.04 Å². The van der Waals surface area contributed by atoms with Gasteiger partial charge in [0, 0.05) is 7.11 Å². The van der Waals surface area contributed by atoms with E-state index in [1.54, 1.807) is 7.11 Å². The molecule has 0 saturated carbocycles. The molecule has 0 atom stereocenters. The van der Waals surface area contributed by atoms with E-state index in [0.717, 1.165) is 6.04 Å². The van der Waals surface area contributed by atoms with Crippen LogP contribution in [0.15, 0.2) is 25.3 Å². The first-order valence-electron chi connectivity index (χ1n) is 3.09. The van der Waals surface area contributed by atoms with E-state index in [1.807, 2.05) is 12.2 Å². The Morgan fingerprint density at radius 1 is 1.56 bits per heavy atom. The molecule has 52 valence electrons. The van der Waals surface area contributed by atoms with Gasteiger partial charge in [-0.15, -0.1) is 13.2 Å². The normalized spacial score (nSPS) is 10.9. The molecule has 0 aromatic rings. The van der Waals surface area contributed by atoms with E-state index >= 15 is 0 Å². The van der Waals surface area contributed by atoms with Gasteiger partial charge in [0.1, 0.15) is 0 Å². The van der Waals surface area contributed by atoms with Crippen LogP contribution in [-0.2, 0) is 4.43 Å². The molecule has 0 aliphatic carbocycles. The standard InChI is InChI=1S/C7H14OSi/c1-4-7(5-2)6-9-8-3/h4-5,7H,1-2,6,9H2,3H3. The minimum absolute atomic E-state index is 0.290. The first-order chi connectivity index (χ1) is 4.35. The number of rotatable bonds is 5. The highest BCUT2D eigenvalue weighted by Gasteiger charge is 1.96. The molecule has 0 aromatic carbocycles. The zero-order valence-corrected chi connectivity index (χ0v) is 7.38. The molecular weight excluding hydrogens is 128 g/mol. The Labute approximate surface area is 59.4 Å². The van der Waals surface area contributed by atoms with Gasteiger partial charge >= 0.3 is 0 Å². The Hall–Kier alpha value is -0.343. The van der Waals surface area contributed by atoms with E-state index in [-0.39, 0.29) is 9.76 Å². The van der Waals surface area contributed by atoms with Gasteiger partial charge in [-0.1, -0.05) is 12.2 Å². The zero-order valence-electron chi connectivity index (χ0n) is 5.97. The molecule has 0 aliphatic heterocycles. The lowest BCUT2D eigenvalue weighted by Crippen LogP contribution is -1.99. The van der Waals surface area contributed by atoms with Crippen LogP contribution in [0.4, 0.5) is 0 Å². The highest BCUT2D eigenvalue weighted by atomic mass is 28.2. The predicted molar refractivity (Wildman–Crippen MR) is 44.2 cm³/mol. The van der Waals surface area contributed by atoms with Crippen LogP contribution in [0.1, 0.15) is 0 Å². The van der Waals surface area contributed by atoms with E-state index in [4.69, 9.17) is 4.43 Å². The minimum atomic E-state index is -0.290. The second-order valence-electron chi connectivity index (χ2n) is 1.92. The summed E-state index contributed by atoms with van der Waals surface area (Å²) >= 11 is 0. The Morgan fingerprint density at radius 3 is 2.44 bits per heavy atom. The number of allylic oxidation sites excluding steroid dienone is 2. The SMILES string of the molecule is C=CC(C=C)C[SiH2]OC. The van der Waals surface area contributed by atoms with Crippen molar-refractivity contribution in [1.82, 2.24) is 0 Å². The zero-order chi connectivity index (χ0) is 7.11. The summed E-state index contributed by atoms with van der Waals surface area (Å²) in [5.74, 6) is 0.469. The molecule has 9 heavy (non-hydrogen) atoms. The van der Waals surface area contributed by atoms with Gasteiger partial charge in [-0.25, -0.2) is 0 Å². The van der Waals surface area contributed by atoms with E-state index in [1.165, 1.54) is 0 Å². The van der Waals surface area contributed by atoms with Gasteiger partial charge < -0.3 is 4.43 Å². The monoisotopic (exact) mass is 142 g/mol. The fourth-order valence-corrected chi connectivity index (χ4v) is 1.57. The summed E-state index contributed by atoms with van der Waals surface area (Å²) in [4.78, 5) is 0.